The molecule has 0 saturated carbocycles. The van der Waals surface area contributed by atoms with Gasteiger partial charge in [-0.3, -0.25) is 4.79 Å². The van der Waals surface area contributed by atoms with E-state index in [0.717, 1.165) is 28.8 Å². The molecule has 0 aliphatic rings. The number of methoxy groups -OCH3 is 1. The topological polar surface area (TPSA) is 63.2 Å². The summed E-state index contributed by atoms with van der Waals surface area (Å²) in [4.78, 5) is 17.4. The van der Waals surface area contributed by atoms with Crippen molar-refractivity contribution in [2.45, 2.75) is 20.3 Å². The minimum Gasteiger partial charge on any atom is -0.497 e. The van der Waals surface area contributed by atoms with Gasteiger partial charge in [-0.15, -0.1) is 0 Å². The van der Waals surface area contributed by atoms with Crippen molar-refractivity contribution >= 4 is 28.3 Å². The van der Waals surface area contributed by atoms with Gasteiger partial charge < -0.3 is 15.4 Å². The van der Waals surface area contributed by atoms with Crippen LogP contribution in [-0.4, -0.2) is 24.5 Å². The smallest absolute Gasteiger partial charge is 0.252 e. The first-order valence-corrected chi connectivity index (χ1v) is 9.16. The Morgan fingerprint density at radius 3 is 2.56 bits per heavy atom. The molecule has 0 spiro atoms. The van der Waals surface area contributed by atoms with Gasteiger partial charge in [-0.2, -0.15) is 0 Å². The molecule has 5 nitrogen and oxygen atoms in total. The Bertz CT molecular complexity index is 920. The highest BCUT2D eigenvalue weighted by Crippen LogP contribution is 2.24. The molecule has 3 aromatic rings. The number of pyridine rings is 1. The van der Waals surface area contributed by atoms with E-state index in [1.54, 1.807) is 13.2 Å². The van der Waals surface area contributed by atoms with E-state index in [0.29, 0.717) is 23.8 Å². The summed E-state index contributed by atoms with van der Waals surface area (Å²) in [5, 5.41) is 7.13. The van der Waals surface area contributed by atoms with Crippen molar-refractivity contribution in [2.24, 2.45) is 5.92 Å². The first kappa shape index (κ1) is 18.7. The molecule has 0 aliphatic carbocycles. The summed E-state index contributed by atoms with van der Waals surface area (Å²) in [5.74, 6) is 1.89. The third kappa shape index (κ3) is 4.76. The van der Waals surface area contributed by atoms with E-state index in [9.17, 15) is 4.79 Å². The molecule has 3 rings (SSSR count). The second-order valence-electron chi connectivity index (χ2n) is 6.86. The van der Waals surface area contributed by atoms with Gasteiger partial charge in [0.15, 0.2) is 0 Å². The van der Waals surface area contributed by atoms with Gasteiger partial charge in [0.1, 0.15) is 11.6 Å². The highest BCUT2D eigenvalue weighted by Gasteiger charge is 2.13. The van der Waals surface area contributed by atoms with Crippen LogP contribution in [0.15, 0.2) is 54.6 Å². The predicted octanol–water partition coefficient (Wildman–Crippen LogP) is 4.76. The lowest BCUT2D eigenvalue weighted by Gasteiger charge is -2.12. The SMILES string of the molecule is COc1ccc(Nc2cc(C(=O)NCCC(C)C)c3ccccc3n2)cc1. The quantitative estimate of drug-likeness (QED) is 0.635. The Balaban J connectivity index is 1.88. The summed E-state index contributed by atoms with van der Waals surface area (Å²) in [6.45, 7) is 4.95. The molecule has 0 saturated heterocycles. The van der Waals surface area contributed by atoms with Gasteiger partial charge in [0.25, 0.3) is 5.91 Å². The van der Waals surface area contributed by atoms with Gasteiger partial charge in [-0.1, -0.05) is 32.0 Å². The average molecular weight is 363 g/mol. The molecule has 1 aromatic heterocycles. The molecule has 2 N–H and O–H groups in total. The first-order valence-electron chi connectivity index (χ1n) is 9.16. The average Bonchev–Trinajstić information content (AvgIpc) is 2.67. The van der Waals surface area contributed by atoms with Crippen LogP contribution in [0.2, 0.25) is 0 Å². The number of aromatic nitrogens is 1. The zero-order valence-electron chi connectivity index (χ0n) is 16.0. The molecule has 1 amide bonds. The van der Waals surface area contributed by atoms with Crippen molar-refractivity contribution in [3.63, 3.8) is 0 Å². The van der Waals surface area contributed by atoms with Gasteiger partial charge in [-0.05, 0) is 48.7 Å². The summed E-state index contributed by atoms with van der Waals surface area (Å²) in [7, 11) is 1.64. The lowest BCUT2D eigenvalue weighted by molar-refractivity contribution is 0.0953. The summed E-state index contributed by atoms with van der Waals surface area (Å²) >= 11 is 0. The molecular weight excluding hydrogens is 338 g/mol. The van der Waals surface area contributed by atoms with Crippen LogP contribution in [0, 0.1) is 5.92 Å². The molecule has 1 heterocycles. The molecule has 0 bridgehead atoms. The largest absolute Gasteiger partial charge is 0.497 e. The normalized spacial score (nSPS) is 10.8. The molecule has 27 heavy (non-hydrogen) atoms. The molecular formula is C22H25N3O2. The lowest BCUT2D eigenvalue weighted by Crippen LogP contribution is -2.25. The highest BCUT2D eigenvalue weighted by atomic mass is 16.5. The number of anilines is 2. The van der Waals surface area contributed by atoms with Crippen LogP contribution in [0.5, 0.6) is 5.75 Å². The van der Waals surface area contributed by atoms with E-state index < -0.39 is 0 Å². The van der Waals surface area contributed by atoms with Crippen molar-refractivity contribution in [1.82, 2.24) is 10.3 Å². The Hall–Kier alpha value is -3.08. The van der Waals surface area contributed by atoms with Crippen molar-refractivity contribution in [3.05, 3.63) is 60.2 Å². The number of ether oxygens (including phenoxy) is 1. The number of rotatable bonds is 7. The number of para-hydroxylation sites is 1. The molecule has 0 unspecified atom stereocenters. The Kier molecular flexibility index (Phi) is 5.91. The van der Waals surface area contributed by atoms with E-state index >= 15 is 0 Å². The highest BCUT2D eigenvalue weighted by molar-refractivity contribution is 6.07. The molecule has 140 valence electrons. The Morgan fingerprint density at radius 2 is 1.85 bits per heavy atom. The minimum atomic E-state index is -0.0768. The fraction of sp³-hybridized carbons (Fsp3) is 0.273. The number of amides is 1. The van der Waals surface area contributed by atoms with Crippen LogP contribution in [-0.2, 0) is 0 Å². The minimum absolute atomic E-state index is 0.0768. The second-order valence-corrected chi connectivity index (χ2v) is 6.86. The predicted molar refractivity (Wildman–Crippen MR) is 110 cm³/mol. The summed E-state index contributed by atoms with van der Waals surface area (Å²) in [6, 6.07) is 17.1. The zero-order valence-corrected chi connectivity index (χ0v) is 16.0. The number of fused-ring (bicyclic) bond motifs is 1. The molecule has 0 aliphatic heterocycles. The van der Waals surface area contributed by atoms with E-state index in [-0.39, 0.29) is 5.91 Å². The number of carbonyl (C=O) groups is 1. The van der Waals surface area contributed by atoms with E-state index in [1.165, 1.54) is 0 Å². The van der Waals surface area contributed by atoms with Crippen molar-refractivity contribution in [1.29, 1.82) is 0 Å². The van der Waals surface area contributed by atoms with Crippen LogP contribution in [0.4, 0.5) is 11.5 Å². The van der Waals surface area contributed by atoms with Crippen LogP contribution in [0.3, 0.4) is 0 Å². The zero-order chi connectivity index (χ0) is 19.2. The van der Waals surface area contributed by atoms with E-state index in [2.05, 4.69) is 29.5 Å². The monoisotopic (exact) mass is 363 g/mol. The van der Waals surface area contributed by atoms with Crippen molar-refractivity contribution < 1.29 is 9.53 Å². The van der Waals surface area contributed by atoms with Crippen molar-refractivity contribution in [3.8, 4) is 5.75 Å². The van der Waals surface area contributed by atoms with Gasteiger partial charge in [0, 0.05) is 17.6 Å². The van der Waals surface area contributed by atoms with Gasteiger partial charge in [0.05, 0.1) is 18.2 Å². The third-order valence-corrected chi connectivity index (χ3v) is 4.33. The maximum atomic E-state index is 12.7. The van der Waals surface area contributed by atoms with Gasteiger partial charge >= 0.3 is 0 Å². The van der Waals surface area contributed by atoms with Gasteiger partial charge in [-0.25, -0.2) is 4.98 Å². The fourth-order valence-electron chi connectivity index (χ4n) is 2.82. The molecule has 2 aromatic carbocycles. The Labute approximate surface area is 159 Å². The molecule has 0 fully saturated rings. The number of hydrogen-bond acceptors (Lipinski definition) is 4. The van der Waals surface area contributed by atoms with E-state index in [1.807, 2.05) is 48.5 Å². The summed E-state index contributed by atoms with van der Waals surface area (Å²) in [6.07, 6.45) is 0.950. The third-order valence-electron chi connectivity index (χ3n) is 4.33. The van der Waals surface area contributed by atoms with Gasteiger partial charge in [0.2, 0.25) is 0 Å². The number of benzene rings is 2. The van der Waals surface area contributed by atoms with E-state index in [4.69, 9.17) is 4.74 Å². The number of hydrogen-bond donors (Lipinski definition) is 2. The summed E-state index contributed by atoms with van der Waals surface area (Å²) in [5.41, 5.74) is 2.29. The van der Waals surface area contributed by atoms with Crippen LogP contribution in [0.25, 0.3) is 10.9 Å². The fourth-order valence-corrected chi connectivity index (χ4v) is 2.82. The van der Waals surface area contributed by atoms with Crippen LogP contribution in [0.1, 0.15) is 30.6 Å². The maximum Gasteiger partial charge on any atom is 0.252 e. The summed E-state index contributed by atoms with van der Waals surface area (Å²) < 4.78 is 5.19. The number of carbonyl (C=O) groups excluding carboxylic acids is 1. The Morgan fingerprint density at radius 1 is 1.11 bits per heavy atom. The number of nitrogens with one attached hydrogen (secondary N) is 2. The second kappa shape index (κ2) is 8.54. The lowest BCUT2D eigenvalue weighted by atomic mass is 10.1. The molecule has 0 radical (unpaired) electrons. The maximum absolute atomic E-state index is 12.7. The molecule has 0 atom stereocenters. The van der Waals surface area contributed by atoms with Crippen LogP contribution < -0.4 is 15.4 Å². The molecule has 5 heteroatoms. The van der Waals surface area contributed by atoms with Crippen LogP contribution >= 0.6 is 0 Å². The van der Waals surface area contributed by atoms with Crippen molar-refractivity contribution in [2.75, 3.05) is 19.0 Å². The first-order chi connectivity index (χ1) is 13.1. The standard InChI is InChI=1S/C22H25N3O2/c1-15(2)12-13-23-22(26)19-14-21(25-20-7-5-4-6-18(19)20)24-16-8-10-17(27-3)11-9-16/h4-11,14-15H,12-13H2,1-3H3,(H,23,26)(H,24,25). The number of nitrogens with zero attached hydrogens (tertiary/aromatic N) is 1.